The van der Waals surface area contributed by atoms with Crippen LogP contribution in [0.25, 0.3) is 0 Å². The number of carbonyl (C=O) groups is 3. The van der Waals surface area contributed by atoms with Crippen LogP contribution in [-0.2, 0) is 33.3 Å². The molecule has 0 bridgehead atoms. The number of esters is 3. The minimum Gasteiger partial charge on any atom is -0.463 e. The Balaban J connectivity index is 1.69. The Morgan fingerprint density at radius 3 is 1.61 bits per heavy atom. The predicted octanol–water partition coefficient (Wildman–Crippen LogP) is 12.3. The number of hydrogen-bond donors (Lipinski definition) is 0. The van der Waals surface area contributed by atoms with Gasteiger partial charge in [0.1, 0.15) is 12.7 Å². The molecule has 2 fully saturated rings. The first kappa shape index (κ1) is 50.4. The second kappa shape index (κ2) is 35.3. The standard InChI is InChI=1S/C49H83NO7/c1-4-6-8-10-12-14-16-18-20-22-24-26-28-30-32-37-46(51)56-45-42-54-44(41-55-48(53)40-43-36-34-35-39-50(43)3)49(45)57-47(52)38-33-31-29-27-25-23-21-19-17-15-13-11-9-7-5-2/h12-15,18-21,43-45,49H,4-11,16-17,22-42H2,1-3H3/b14-12-,15-13-,20-18-,21-19-/t43?,44-,45+,49+/m1/s1. The van der Waals surface area contributed by atoms with Crippen LogP contribution in [0, 0.1) is 0 Å². The molecule has 0 amide bonds. The molecule has 8 heteroatoms. The van der Waals surface area contributed by atoms with Gasteiger partial charge in [0.25, 0.3) is 0 Å². The first-order valence-electron chi connectivity index (χ1n) is 23.4. The summed E-state index contributed by atoms with van der Waals surface area (Å²) in [5.74, 6) is -0.914. The molecule has 8 nitrogen and oxygen atoms in total. The molecule has 2 rings (SSSR count). The number of ether oxygens (including phenoxy) is 4. The second-order valence-corrected chi connectivity index (χ2v) is 16.3. The number of allylic oxidation sites excluding steroid dienone is 8. The lowest BCUT2D eigenvalue weighted by atomic mass is 10.0. The molecular weight excluding hydrogens is 715 g/mol. The molecule has 2 aliphatic rings. The monoisotopic (exact) mass is 798 g/mol. The van der Waals surface area contributed by atoms with Crippen LogP contribution in [0.1, 0.15) is 194 Å². The largest absolute Gasteiger partial charge is 0.463 e. The van der Waals surface area contributed by atoms with Crippen molar-refractivity contribution in [2.24, 2.45) is 0 Å². The van der Waals surface area contributed by atoms with Crippen LogP contribution in [0.15, 0.2) is 48.6 Å². The summed E-state index contributed by atoms with van der Waals surface area (Å²) in [6.45, 7) is 5.54. The zero-order valence-corrected chi connectivity index (χ0v) is 36.7. The molecule has 0 N–H and O–H groups in total. The molecule has 0 spiro atoms. The fraction of sp³-hybridized carbons (Fsp3) is 0.776. The van der Waals surface area contributed by atoms with Crippen LogP contribution in [0.4, 0.5) is 0 Å². The minimum atomic E-state index is -0.797. The third-order valence-corrected chi connectivity index (χ3v) is 11.2. The number of carbonyl (C=O) groups excluding carboxylic acids is 3. The average molecular weight is 798 g/mol. The van der Waals surface area contributed by atoms with E-state index in [1.165, 1.54) is 51.4 Å². The maximum atomic E-state index is 13.0. The molecule has 326 valence electrons. The van der Waals surface area contributed by atoms with Gasteiger partial charge in [0.2, 0.25) is 0 Å². The predicted molar refractivity (Wildman–Crippen MR) is 234 cm³/mol. The van der Waals surface area contributed by atoms with Crippen molar-refractivity contribution in [1.29, 1.82) is 0 Å². The molecule has 0 aromatic rings. The van der Waals surface area contributed by atoms with E-state index < -0.39 is 18.3 Å². The van der Waals surface area contributed by atoms with E-state index in [9.17, 15) is 14.4 Å². The second-order valence-electron chi connectivity index (χ2n) is 16.3. The molecule has 0 radical (unpaired) electrons. The lowest BCUT2D eigenvalue weighted by Gasteiger charge is -2.31. The van der Waals surface area contributed by atoms with E-state index in [1.54, 1.807) is 0 Å². The van der Waals surface area contributed by atoms with Gasteiger partial charge < -0.3 is 23.8 Å². The average Bonchev–Trinajstić information content (AvgIpc) is 3.57. The van der Waals surface area contributed by atoms with Crippen LogP contribution in [0.3, 0.4) is 0 Å². The van der Waals surface area contributed by atoms with Gasteiger partial charge >= 0.3 is 17.9 Å². The van der Waals surface area contributed by atoms with E-state index in [2.05, 4.69) is 74.4 Å². The highest BCUT2D eigenvalue weighted by Gasteiger charge is 2.43. The van der Waals surface area contributed by atoms with Crippen molar-refractivity contribution in [3.63, 3.8) is 0 Å². The van der Waals surface area contributed by atoms with Crippen LogP contribution in [-0.4, -0.2) is 74.0 Å². The van der Waals surface area contributed by atoms with Crippen molar-refractivity contribution in [2.45, 2.75) is 218 Å². The lowest BCUT2D eigenvalue weighted by molar-refractivity contribution is -0.168. The van der Waals surface area contributed by atoms with Crippen LogP contribution >= 0.6 is 0 Å². The van der Waals surface area contributed by atoms with Crippen molar-refractivity contribution in [2.75, 3.05) is 26.8 Å². The molecule has 2 saturated heterocycles. The SMILES string of the molecule is CCCCC/C=C\C/C=C\CCCCCCCC(=O)O[C@@H]1[C@@H](OC(=O)CCCCCCC/C=C\C/C=C\CCCCC)CO[C@@H]1COC(=O)CC1CCCCN1C. The molecule has 0 aromatic carbocycles. The van der Waals surface area contributed by atoms with Crippen molar-refractivity contribution in [1.82, 2.24) is 4.90 Å². The number of likely N-dealkylation sites (tertiary alicyclic amines) is 1. The summed E-state index contributed by atoms with van der Waals surface area (Å²) in [7, 11) is 2.05. The number of unbranched alkanes of at least 4 members (excludes halogenated alkanes) is 16. The number of rotatable bonds is 34. The van der Waals surface area contributed by atoms with Gasteiger partial charge in [0.05, 0.1) is 13.0 Å². The van der Waals surface area contributed by atoms with E-state index in [-0.39, 0.29) is 37.2 Å². The summed E-state index contributed by atoms with van der Waals surface area (Å²) >= 11 is 0. The number of hydrogen-bond acceptors (Lipinski definition) is 8. The van der Waals surface area contributed by atoms with Crippen molar-refractivity contribution < 1.29 is 33.3 Å². The van der Waals surface area contributed by atoms with Gasteiger partial charge in [-0.05, 0) is 103 Å². The maximum absolute atomic E-state index is 13.0. The van der Waals surface area contributed by atoms with Gasteiger partial charge in [-0.1, -0.05) is 133 Å². The Labute approximate surface area is 348 Å². The summed E-state index contributed by atoms with van der Waals surface area (Å²) in [5.41, 5.74) is 0. The third kappa shape index (κ3) is 26.8. The molecular formula is C49H83NO7. The normalized spacial score (nSPS) is 20.4. The van der Waals surface area contributed by atoms with E-state index in [0.29, 0.717) is 19.3 Å². The molecule has 2 heterocycles. The van der Waals surface area contributed by atoms with Gasteiger partial charge in [0, 0.05) is 18.9 Å². The van der Waals surface area contributed by atoms with E-state index in [1.807, 2.05) is 0 Å². The van der Waals surface area contributed by atoms with Gasteiger partial charge in [-0.15, -0.1) is 0 Å². The molecule has 4 atom stereocenters. The van der Waals surface area contributed by atoms with Gasteiger partial charge in [-0.3, -0.25) is 14.4 Å². The Morgan fingerprint density at radius 2 is 1.09 bits per heavy atom. The maximum Gasteiger partial charge on any atom is 0.307 e. The van der Waals surface area contributed by atoms with Crippen LogP contribution in [0.2, 0.25) is 0 Å². The summed E-state index contributed by atoms with van der Waals surface area (Å²) < 4.78 is 23.4. The van der Waals surface area contributed by atoms with Crippen molar-refractivity contribution in [3.05, 3.63) is 48.6 Å². The topological polar surface area (TPSA) is 91.4 Å². The highest BCUT2D eigenvalue weighted by atomic mass is 16.6. The molecule has 2 aliphatic heterocycles. The lowest BCUT2D eigenvalue weighted by Crippen LogP contribution is -2.41. The fourth-order valence-electron chi connectivity index (χ4n) is 7.47. The number of nitrogens with zero attached hydrogens (tertiary/aromatic N) is 1. The summed E-state index contributed by atoms with van der Waals surface area (Å²) in [6, 6.07) is 0.177. The fourth-order valence-corrected chi connectivity index (χ4v) is 7.47. The zero-order chi connectivity index (χ0) is 41.0. The Bertz CT molecular complexity index is 1150. The smallest absolute Gasteiger partial charge is 0.307 e. The first-order chi connectivity index (χ1) is 27.9. The molecule has 0 aromatic heterocycles. The molecule has 57 heavy (non-hydrogen) atoms. The Hall–Kier alpha value is -2.71. The minimum absolute atomic E-state index is 0.0319. The van der Waals surface area contributed by atoms with Crippen LogP contribution < -0.4 is 0 Å². The summed E-state index contributed by atoms with van der Waals surface area (Å²) in [5, 5.41) is 0. The summed E-state index contributed by atoms with van der Waals surface area (Å²) in [6.07, 6.45) is 44.7. The van der Waals surface area contributed by atoms with Gasteiger partial charge in [-0.2, -0.15) is 0 Å². The molecule has 0 aliphatic carbocycles. The van der Waals surface area contributed by atoms with Crippen LogP contribution in [0.5, 0.6) is 0 Å². The molecule has 1 unspecified atom stereocenters. The van der Waals surface area contributed by atoms with E-state index in [0.717, 1.165) is 116 Å². The Kier molecular flexibility index (Phi) is 31.2. The van der Waals surface area contributed by atoms with Crippen molar-refractivity contribution in [3.8, 4) is 0 Å². The quantitative estimate of drug-likeness (QED) is 0.0275. The third-order valence-electron chi connectivity index (χ3n) is 11.2. The van der Waals surface area contributed by atoms with E-state index in [4.69, 9.17) is 18.9 Å². The van der Waals surface area contributed by atoms with Gasteiger partial charge in [0.15, 0.2) is 12.2 Å². The Morgan fingerprint density at radius 1 is 0.596 bits per heavy atom. The first-order valence-corrected chi connectivity index (χ1v) is 23.4. The van der Waals surface area contributed by atoms with Crippen molar-refractivity contribution >= 4 is 17.9 Å². The molecule has 0 saturated carbocycles. The highest BCUT2D eigenvalue weighted by molar-refractivity contribution is 5.71. The van der Waals surface area contributed by atoms with E-state index >= 15 is 0 Å². The zero-order valence-electron chi connectivity index (χ0n) is 36.7. The van der Waals surface area contributed by atoms with Gasteiger partial charge in [-0.25, -0.2) is 0 Å². The summed E-state index contributed by atoms with van der Waals surface area (Å²) in [4.78, 5) is 40.9. The highest BCUT2D eigenvalue weighted by Crippen LogP contribution is 2.25. The number of piperidine rings is 1.